The molecule has 2 rings (SSSR count). The fraction of sp³-hybridized carbons (Fsp3) is 0.0769. The Morgan fingerprint density at radius 2 is 1.76 bits per heavy atom. The summed E-state index contributed by atoms with van der Waals surface area (Å²) in [6, 6.07) is 10.8. The molecule has 2 aromatic carbocycles. The Morgan fingerprint density at radius 1 is 1.00 bits per heavy atom. The summed E-state index contributed by atoms with van der Waals surface area (Å²) in [5, 5.41) is 1.01. The zero-order valence-corrected chi connectivity index (χ0v) is 10.7. The molecule has 0 aromatic heterocycles. The van der Waals surface area contributed by atoms with Gasteiger partial charge in [-0.25, -0.2) is 0 Å². The Balaban J connectivity index is 2.35. The molecule has 4 heteroatoms. The molecule has 0 bridgehead atoms. The maximum atomic E-state index is 6.07. The van der Waals surface area contributed by atoms with Crippen molar-refractivity contribution in [3.05, 3.63) is 52.0 Å². The monoisotopic (exact) mass is 267 g/mol. The largest absolute Gasteiger partial charge is 0.454 e. The van der Waals surface area contributed by atoms with Gasteiger partial charge in [0.1, 0.15) is 5.75 Å². The summed E-state index contributed by atoms with van der Waals surface area (Å²) >= 11 is 12.0. The summed E-state index contributed by atoms with van der Waals surface area (Å²) < 4.78 is 5.63. The molecule has 0 aliphatic heterocycles. The van der Waals surface area contributed by atoms with Crippen LogP contribution < -0.4 is 10.5 Å². The molecule has 0 saturated heterocycles. The van der Waals surface area contributed by atoms with E-state index in [0.717, 1.165) is 5.56 Å². The number of aryl methyl sites for hydroxylation is 1. The van der Waals surface area contributed by atoms with Crippen molar-refractivity contribution in [3.8, 4) is 11.5 Å². The highest BCUT2D eigenvalue weighted by Crippen LogP contribution is 2.35. The summed E-state index contributed by atoms with van der Waals surface area (Å²) in [5.41, 5.74) is 7.29. The van der Waals surface area contributed by atoms with Crippen LogP contribution in [0.3, 0.4) is 0 Å². The van der Waals surface area contributed by atoms with Gasteiger partial charge in [-0.15, -0.1) is 0 Å². The van der Waals surface area contributed by atoms with E-state index in [2.05, 4.69) is 0 Å². The molecule has 88 valence electrons. The minimum absolute atomic E-state index is 0.408. The van der Waals surface area contributed by atoms with Crippen molar-refractivity contribution in [1.82, 2.24) is 0 Å². The fourth-order valence-electron chi connectivity index (χ4n) is 1.41. The molecule has 0 fully saturated rings. The lowest BCUT2D eigenvalue weighted by molar-refractivity contribution is 0.485. The van der Waals surface area contributed by atoms with E-state index >= 15 is 0 Å². The molecule has 0 radical (unpaired) electrons. The Bertz CT molecular complexity index is 555. The Morgan fingerprint density at radius 3 is 2.47 bits per heavy atom. The van der Waals surface area contributed by atoms with E-state index in [1.165, 1.54) is 0 Å². The van der Waals surface area contributed by atoms with Gasteiger partial charge in [0, 0.05) is 0 Å². The van der Waals surface area contributed by atoms with Crippen molar-refractivity contribution >= 4 is 28.9 Å². The molecule has 0 amide bonds. The topological polar surface area (TPSA) is 35.2 Å². The SMILES string of the molecule is Cc1ccc(Oc2cccc(Cl)c2N)c(Cl)c1. The Labute approximate surface area is 110 Å². The van der Waals surface area contributed by atoms with Crippen LogP contribution in [0.5, 0.6) is 11.5 Å². The smallest absolute Gasteiger partial charge is 0.151 e. The minimum atomic E-state index is 0.408. The summed E-state index contributed by atoms with van der Waals surface area (Å²) in [7, 11) is 0. The van der Waals surface area contributed by atoms with Gasteiger partial charge in [-0.2, -0.15) is 0 Å². The number of benzene rings is 2. The molecule has 2 N–H and O–H groups in total. The van der Waals surface area contributed by atoms with Gasteiger partial charge in [-0.05, 0) is 36.8 Å². The molecule has 0 heterocycles. The van der Waals surface area contributed by atoms with Gasteiger partial charge in [0.2, 0.25) is 0 Å². The third-order valence-corrected chi connectivity index (χ3v) is 2.95. The lowest BCUT2D eigenvalue weighted by Crippen LogP contribution is -1.93. The van der Waals surface area contributed by atoms with Crippen LogP contribution in [0, 0.1) is 6.92 Å². The van der Waals surface area contributed by atoms with Crippen LogP contribution in [-0.2, 0) is 0 Å². The molecule has 2 nitrogen and oxygen atoms in total. The molecule has 2 aromatic rings. The van der Waals surface area contributed by atoms with Gasteiger partial charge < -0.3 is 10.5 Å². The fourth-order valence-corrected chi connectivity index (χ4v) is 1.85. The van der Waals surface area contributed by atoms with Crippen LogP contribution in [0.4, 0.5) is 5.69 Å². The highest BCUT2D eigenvalue weighted by Gasteiger charge is 2.08. The molecular weight excluding hydrogens is 257 g/mol. The number of hydrogen-bond acceptors (Lipinski definition) is 2. The number of nitrogens with two attached hydrogens (primary N) is 1. The number of ether oxygens (including phenoxy) is 1. The van der Waals surface area contributed by atoms with E-state index in [1.807, 2.05) is 19.1 Å². The van der Waals surface area contributed by atoms with Gasteiger partial charge in [-0.1, -0.05) is 35.3 Å². The number of hydrogen-bond donors (Lipinski definition) is 1. The third-order valence-electron chi connectivity index (χ3n) is 2.32. The van der Waals surface area contributed by atoms with Gasteiger partial charge in [0.15, 0.2) is 5.75 Å². The first-order valence-electron chi connectivity index (χ1n) is 5.06. The lowest BCUT2D eigenvalue weighted by Gasteiger charge is -2.10. The van der Waals surface area contributed by atoms with Crippen LogP contribution in [0.1, 0.15) is 5.56 Å². The molecule has 0 atom stereocenters. The van der Waals surface area contributed by atoms with Crippen molar-refractivity contribution < 1.29 is 4.74 Å². The van der Waals surface area contributed by atoms with Crippen LogP contribution in [0.2, 0.25) is 10.0 Å². The quantitative estimate of drug-likeness (QED) is 0.803. The number of halogens is 2. The number of anilines is 1. The highest BCUT2D eigenvalue weighted by atomic mass is 35.5. The predicted octanol–water partition coefficient (Wildman–Crippen LogP) is 4.68. The molecule has 0 spiro atoms. The van der Waals surface area contributed by atoms with E-state index < -0.39 is 0 Å². The molecule has 0 aliphatic rings. The van der Waals surface area contributed by atoms with E-state index in [1.54, 1.807) is 24.3 Å². The van der Waals surface area contributed by atoms with Crippen molar-refractivity contribution in [2.24, 2.45) is 0 Å². The molecule has 17 heavy (non-hydrogen) atoms. The number of nitrogen functional groups attached to an aromatic ring is 1. The summed E-state index contributed by atoms with van der Waals surface area (Å²) in [4.78, 5) is 0. The van der Waals surface area contributed by atoms with Crippen LogP contribution in [0.25, 0.3) is 0 Å². The second kappa shape index (κ2) is 4.86. The average molecular weight is 268 g/mol. The van der Waals surface area contributed by atoms with Crippen LogP contribution in [-0.4, -0.2) is 0 Å². The summed E-state index contributed by atoms with van der Waals surface area (Å²) in [6.45, 7) is 1.96. The maximum Gasteiger partial charge on any atom is 0.151 e. The highest BCUT2D eigenvalue weighted by molar-refractivity contribution is 6.33. The zero-order chi connectivity index (χ0) is 12.4. The molecule has 0 unspecified atom stereocenters. The predicted molar refractivity (Wildman–Crippen MR) is 72.1 cm³/mol. The number of rotatable bonds is 2. The second-order valence-corrected chi connectivity index (χ2v) is 4.50. The van der Waals surface area contributed by atoms with E-state index in [0.29, 0.717) is 27.2 Å². The lowest BCUT2D eigenvalue weighted by atomic mass is 10.2. The standard InChI is InChI=1S/C13H11Cl2NO/c1-8-5-6-11(10(15)7-8)17-12-4-2-3-9(14)13(12)16/h2-7H,16H2,1H3. The normalized spacial score (nSPS) is 10.3. The van der Waals surface area contributed by atoms with E-state index in [-0.39, 0.29) is 0 Å². The molecule has 0 saturated carbocycles. The molecular formula is C13H11Cl2NO. The van der Waals surface area contributed by atoms with E-state index in [9.17, 15) is 0 Å². The summed E-state index contributed by atoms with van der Waals surface area (Å²) in [6.07, 6.45) is 0. The van der Waals surface area contributed by atoms with Crippen LogP contribution in [0.15, 0.2) is 36.4 Å². The van der Waals surface area contributed by atoms with Gasteiger partial charge >= 0.3 is 0 Å². The van der Waals surface area contributed by atoms with Crippen molar-refractivity contribution in [1.29, 1.82) is 0 Å². The first kappa shape index (κ1) is 12.1. The second-order valence-electron chi connectivity index (χ2n) is 3.69. The van der Waals surface area contributed by atoms with Gasteiger partial charge in [0.05, 0.1) is 15.7 Å². The minimum Gasteiger partial charge on any atom is -0.454 e. The van der Waals surface area contributed by atoms with Gasteiger partial charge in [0.25, 0.3) is 0 Å². The molecule has 0 aliphatic carbocycles. The summed E-state index contributed by atoms with van der Waals surface area (Å²) in [5.74, 6) is 1.06. The maximum absolute atomic E-state index is 6.07. The Kier molecular flexibility index (Phi) is 3.46. The van der Waals surface area contributed by atoms with Crippen molar-refractivity contribution in [2.45, 2.75) is 6.92 Å². The van der Waals surface area contributed by atoms with Gasteiger partial charge in [-0.3, -0.25) is 0 Å². The van der Waals surface area contributed by atoms with Crippen molar-refractivity contribution in [2.75, 3.05) is 5.73 Å². The van der Waals surface area contributed by atoms with E-state index in [4.69, 9.17) is 33.7 Å². The Hall–Kier alpha value is -1.38. The first-order chi connectivity index (χ1) is 8.08. The zero-order valence-electron chi connectivity index (χ0n) is 9.21. The third kappa shape index (κ3) is 2.65. The average Bonchev–Trinajstić information content (AvgIpc) is 2.28. The van der Waals surface area contributed by atoms with Crippen LogP contribution >= 0.6 is 23.2 Å². The first-order valence-corrected chi connectivity index (χ1v) is 5.81. The van der Waals surface area contributed by atoms with Crippen molar-refractivity contribution in [3.63, 3.8) is 0 Å². The number of para-hydroxylation sites is 1.